The molecule has 9 nitrogen and oxygen atoms in total. The summed E-state index contributed by atoms with van der Waals surface area (Å²) in [6.45, 7) is 1.73. The number of aliphatic hydroxyl groups is 1. The Morgan fingerprint density at radius 2 is 2.11 bits per heavy atom. The summed E-state index contributed by atoms with van der Waals surface area (Å²) in [7, 11) is 1.48. The average Bonchev–Trinajstić information content (AvgIpc) is 3.29. The van der Waals surface area contributed by atoms with Gasteiger partial charge < -0.3 is 20.3 Å². The van der Waals surface area contributed by atoms with E-state index in [0.717, 1.165) is 36.4 Å². The lowest BCUT2D eigenvalue weighted by atomic mass is 10.0. The van der Waals surface area contributed by atoms with Gasteiger partial charge in [0, 0.05) is 30.2 Å². The Hall–Kier alpha value is -3.60. The van der Waals surface area contributed by atoms with Crippen LogP contribution in [-0.4, -0.2) is 45.0 Å². The van der Waals surface area contributed by atoms with E-state index in [9.17, 15) is 9.50 Å². The van der Waals surface area contributed by atoms with Crippen molar-refractivity contribution in [3.8, 4) is 17.0 Å². The molecule has 5 rings (SSSR count). The smallest absolute Gasteiger partial charge is 0.153 e. The van der Waals surface area contributed by atoms with Crippen molar-refractivity contribution in [3.63, 3.8) is 0 Å². The normalized spacial score (nSPS) is 16.9. The number of benzene rings is 2. The number of aromatic nitrogens is 4. The second-order valence-corrected chi connectivity index (χ2v) is 8.50. The van der Waals surface area contributed by atoms with Crippen molar-refractivity contribution in [1.82, 2.24) is 24.9 Å². The predicted octanol–water partition coefficient (Wildman–Crippen LogP) is 3.20. The summed E-state index contributed by atoms with van der Waals surface area (Å²) in [6.07, 6.45) is 2.31. The summed E-state index contributed by atoms with van der Waals surface area (Å²) in [5.74, 6) is 1.29. The molecule has 3 heterocycles. The van der Waals surface area contributed by atoms with Crippen LogP contribution in [0, 0.1) is 5.82 Å². The summed E-state index contributed by atoms with van der Waals surface area (Å²) < 4.78 is 26.3. The van der Waals surface area contributed by atoms with Gasteiger partial charge in [-0.2, -0.15) is 5.10 Å². The molecule has 0 bridgehead atoms. The molecule has 1 aliphatic heterocycles. The van der Waals surface area contributed by atoms with Crippen LogP contribution in [0.2, 0.25) is 0 Å². The Balaban J connectivity index is 1.37. The average molecular weight is 479 g/mol. The molecule has 0 radical (unpaired) electrons. The molecule has 0 amide bonds. The fraction of sp³-hybridized carbons (Fsp3) is 0.320. The molecule has 2 unspecified atom stereocenters. The maximum Gasteiger partial charge on any atom is 0.153 e. The van der Waals surface area contributed by atoms with Gasteiger partial charge in [-0.05, 0) is 36.6 Å². The second-order valence-electron chi connectivity index (χ2n) is 8.50. The van der Waals surface area contributed by atoms with E-state index in [1.165, 1.54) is 31.6 Å². The zero-order chi connectivity index (χ0) is 24.4. The van der Waals surface area contributed by atoms with E-state index in [2.05, 4.69) is 15.4 Å². The van der Waals surface area contributed by atoms with Crippen molar-refractivity contribution < 1.29 is 19.0 Å². The summed E-state index contributed by atoms with van der Waals surface area (Å²) in [6, 6.07) is 11.8. The predicted molar refractivity (Wildman–Crippen MR) is 128 cm³/mol. The van der Waals surface area contributed by atoms with Gasteiger partial charge in [-0.1, -0.05) is 24.3 Å². The first-order valence-corrected chi connectivity index (χ1v) is 11.5. The van der Waals surface area contributed by atoms with Crippen molar-refractivity contribution in [2.75, 3.05) is 26.1 Å². The van der Waals surface area contributed by atoms with Gasteiger partial charge in [0.1, 0.15) is 41.2 Å². The van der Waals surface area contributed by atoms with Crippen molar-refractivity contribution in [2.45, 2.75) is 31.5 Å². The number of anilines is 1. The molecule has 1 aliphatic rings. The maximum absolute atomic E-state index is 13.6. The van der Waals surface area contributed by atoms with Gasteiger partial charge >= 0.3 is 0 Å². The van der Waals surface area contributed by atoms with Crippen LogP contribution in [0.25, 0.3) is 16.8 Å². The van der Waals surface area contributed by atoms with Crippen LogP contribution in [-0.2, 0) is 11.3 Å². The van der Waals surface area contributed by atoms with E-state index in [-0.39, 0.29) is 5.92 Å². The Bertz CT molecular complexity index is 1320. The summed E-state index contributed by atoms with van der Waals surface area (Å²) in [5.41, 5.74) is 9.75. The van der Waals surface area contributed by atoms with Gasteiger partial charge in [0.05, 0.1) is 13.7 Å². The SMILES string of the molecule is COc1ccc(F)cc1C(O)NCc1ccc(-c2nc(C3CCCOC3)n3ncnc(N)c23)cc1. The number of nitrogen functional groups attached to an aromatic ring is 1. The van der Waals surface area contributed by atoms with Gasteiger partial charge in [-0.15, -0.1) is 0 Å². The van der Waals surface area contributed by atoms with E-state index < -0.39 is 12.0 Å². The topological polar surface area (TPSA) is 120 Å². The molecule has 0 saturated carbocycles. The van der Waals surface area contributed by atoms with Gasteiger partial charge in [0.2, 0.25) is 0 Å². The zero-order valence-corrected chi connectivity index (χ0v) is 19.3. The monoisotopic (exact) mass is 478 g/mol. The number of ether oxygens (including phenoxy) is 2. The molecule has 10 heteroatoms. The van der Waals surface area contributed by atoms with Crippen LogP contribution in [0.1, 0.15) is 41.9 Å². The maximum atomic E-state index is 13.6. The number of rotatable bonds is 7. The van der Waals surface area contributed by atoms with Crippen LogP contribution < -0.4 is 15.8 Å². The first kappa shape index (κ1) is 23.2. The van der Waals surface area contributed by atoms with E-state index in [4.69, 9.17) is 20.2 Å². The summed E-state index contributed by atoms with van der Waals surface area (Å²) in [5, 5.41) is 17.9. The van der Waals surface area contributed by atoms with Crippen LogP contribution in [0.15, 0.2) is 48.8 Å². The molecular weight excluding hydrogens is 451 g/mol. The highest BCUT2D eigenvalue weighted by atomic mass is 19.1. The molecule has 1 fully saturated rings. The number of hydrogen-bond donors (Lipinski definition) is 3. The number of halogens is 1. The third-order valence-corrected chi connectivity index (χ3v) is 6.22. The zero-order valence-electron chi connectivity index (χ0n) is 19.3. The fourth-order valence-corrected chi connectivity index (χ4v) is 4.41. The van der Waals surface area contributed by atoms with Crippen LogP contribution >= 0.6 is 0 Å². The molecule has 35 heavy (non-hydrogen) atoms. The highest BCUT2D eigenvalue weighted by Gasteiger charge is 2.25. The first-order chi connectivity index (χ1) is 17.0. The van der Waals surface area contributed by atoms with Gasteiger partial charge in [-0.25, -0.2) is 18.9 Å². The number of methoxy groups -OCH3 is 1. The number of nitrogens with zero attached hydrogens (tertiary/aromatic N) is 4. The Kier molecular flexibility index (Phi) is 6.58. The molecule has 2 aromatic carbocycles. The minimum Gasteiger partial charge on any atom is -0.496 e. The molecule has 4 N–H and O–H groups in total. The molecule has 182 valence electrons. The molecule has 2 atom stereocenters. The lowest BCUT2D eigenvalue weighted by Crippen LogP contribution is -2.21. The summed E-state index contributed by atoms with van der Waals surface area (Å²) in [4.78, 5) is 9.08. The van der Waals surface area contributed by atoms with Crippen LogP contribution in [0.4, 0.5) is 10.2 Å². The van der Waals surface area contributed by atoms with E-state index in [1.54, 1.807) is 4.52 Å². The number of nitrogens with one attached hydrogen (secondary N) is 1. The van der Waals surface area contributed by atoms with E-state index in [0.29, 0.717) is 41.5 Å². The minimum atomic E-state index is -1.09. The molecular formula is C25H27FN6O3. The largest absolute Gasteiger partial charge is 0.496 e. The number of hydrogen-bond acceptors (Lipinski definition) is 8. The van der Waals surface area contributed by atoms with E-state index >= 15 is 0 Å². The molecule has 2 aromatic heterocycles. The van der Waals surface area contributed by atoms with Crippen molar-refractivity contribution >= 4 is 11.3 Å². The third-order valence-electron chi connectivity index (χ3n) is 6.22. The number of imidazole rings is 1. The number of aliphatic hydroxyl groups excluding tert-OH is 1. The summed E-state index contributed by atoms with van der Waals surface area (Å²) >= 11 is 0. The minimum absolute atomic E-state index is 0.143. The lowest BCUT2D eigenvalue weighted by molar-refractivity contribution is 0.0776. The lowest BCUT2D eigenvalue weighted by Gasteiger charge is -2.20. The fourth-order valence-electron chi connectivity index (χ4n) is 4.41. The van der Waals surface area contributed by atoms with Crippen molar-refractivity contribution in [3.05, 3.63) is 71.6 Å². The Morgan fingerprint density at radius 1 is 1.29 bits per heavy atom. The Morgan fingerprint density at radius 3 is 2.86 bits per heavy atom. The van der Waals surface area contributed by atoms with Gasteiger partial charge in [0.25, 0.3) is 0 Å². The van der Waals surface area contributed by atoms with Crippen LogP contribution in [0.3, 0.4) is 0 Å². The van der Waals surface area contributed by atoms with Gasteiger partial charge in [0.15, 0.2) is 5.82 Å². The second kappa shape index (κ2) is 9.95. The molecule has 4 aromatic rings. The van der Waals surface area contributed by atoms with Crippen LogP contribution in [0.5, 0.6) is 5.75 Å². The Labute approximate surface area is 201 Å². The molecule has 1 saturated heterocycles. The quantitative estimate of drug-likeness (QED) is 0.347. The standard InChI is InChI=1S/C25H27FN6O3/c1-34-20-9-8-18(26)11-19(20)25(33)28-12-15-4-6-16(7-5-15)21-22-23(27)29-14-30-32(22)24(31-21)17-3-2-10-35-13-17/h4-9,11,14,17,25,28,33H,2-3,10,12-13H2,1H3,(H2,27,29,30). The highest BCUT2D eigenvalue weighted by molar-refractivity contribution is 5.85. The van der Waals surface area contributed by atoms with Crippen molar-refractivity contribution in [1.29, 1.82) is 0 Å². The number of nitrogens with two attached hydrogens (primary N) is 1. The van der Waals surface area contributed by atoms with E-state index in [1.807, 2.05) is 24.3 Å². The third kappa shape index (κ3) is 4.68. The van der Waals surface area contributed by atoms with Gasteiger partial charge in [-0.3, -0.25) is 5.32 Å². The van der Waals surface area contributed by atoms with Crippen molar-refractivity contribution in [2.24, 2.45) is 0 Å². The first-order valence-electron chi connectivity index (χ1n) is 11.5. The highest BCUT2D eigenvalue weighted by Crippen LogP contribution is 2.33. The molecule has 0 spiro atoms. The molecule has 0 aliphatic carbocycles. The number of fused-ring (bicyclic) bond motifs is 1.